The number of carboxylic acid groups (broad SMARTS) is 1. The molecule has 19 heavy (non-hydrogen) atoms. The van der Waals surface area contributed by atoms with Crippen molar-refractivity contribution in [2.24, 2.45) is 0 Å². The van der Waals surface area contributed by atoms with E-state index in [-0.39, 0.29) is 5.56 Å². The molecule has 2 heterocycles. The fraction of sp³-hybridized carbons (Fsp3) is 0.600. The molecule has 1 aromatic heterocycles. The highest BCUT2D eigenvalue weighted by molar-refractivity contribution is 5.87. The van der Waals surface area contributed by atoms with Crippen molar-refractivity contribution in [1.29, 1.82) is 0 Å². The highest BCUT2D eigenvalue weighted by Crippen LogP contribution is 2.27. The molecule has 0 radical (unpaired) electrons. The maximum Gasteiger partial charge on any atom is 0.335 e. The molecule has 1 fully saturated rings. The van der Waals surface area contributed by atoms with Crippen LogP contribution in [-0.2, 0) is 0 Å². The Morgan fingerprint density at radius 2 is 1.63 bits per heavy atom. The summed E-state index contributed by atoms with van der Waals surface area (Å²) in [5, 5.41) is 12.0. The number of nitrogens with zero attached hydrogens (tertiary/aromatic N) is 1. The molecule has 2 rings (SSSR count). The number of piperidine rings is 1. The first-order valence-corrected chi connectivity index (χ1v) is 6.65. The summed E-state index contributed by atoms with van der Waals surface area (Å²) < 4.78 is 0. The molecule has 0 spiro atoms. The molecule has 0 unspecified atom stereocenters. The highest BCUT2D eigenvalue weighted by Gasteiger charge is 2.31. The van der Waals surface area contributed by atoms with E-state index in [9.17, 15) is 4.79 Å². The molecule has 0 amide bonds. The van der Waals surface area contributed by atoms with Crippen molar-refractivity contribution in [2.75, 3.05) is 0 Å². The molecular weight excluding hydrogens is 240 g/mol. The van der Waals surface area contributed by atoms with Crippen LogP contribution in [0.25, 0.3) is 0 Å². The standard InChI is InChI=1S/C9H19N.C6H5NO2/c1-8(2)6-5-7-9(3,4)10-8;8-6(9)5-1-3-7-4-2-5/h10H,5-7H2,1-4H3;1-4H,(H,8,9). The first kappa shape index (κ1) is 15.6. The van der Waals surface area contributed by atoms with Crippen molar-refractivity contribution in [3.63, 3.8) is 0 Å². The third-order valence-electron chi connectivity index (χ3n) is 3.21. The topological polar surface area (TPSA) is 62.2 Å². The average molecular weight is 264 g/mol. The summed E-state index contributed by atoms with van der Waals surface area (Å²) >= 11 is 0. The van der Waals surface area contributed by atoms with Gasteiger partial charge in [0.15, 0.2) is 0 Å². The summed E-state index contributed by atoms with van der Waals surface area (Å²) in [6, 6.07) is 2.89. The highest BCUT2D eigenvalue weighted by atomic mass is 16.4. The van der Waals surface area contributed by atoms with Gasteiger partial charge in [-0.05, 0) is 59.1 Å². The van der Waals surface area contributed by atoms with Gasteiger partial charge in [-0.1, -0.05) is 0 Å². The first-order chi connectivity index (χ1) is 8.72. The minimum Gasteiger partial charge on any atom is -0.478 e. The van der Waals surface area contributed by atoms with Gasteiger partial charge in [0.1, 0.15) is 0 Å². The number of hydrogen-bond acceptors (Lipinski definition) is 3. The molecule has 0 saturated carbocycles. The van der Waals surface area contributed by atoms with Crippen molar-refractivity contribution < 1.29 is 9.90 Å². The predicted molar refractivity (Wildman–Crippen MR) is 76.3 cm³/mol. The zero-order valence-electron chi connectivity index (χ0n) is 12.2. The Morgan fingerprint density at radius 1 is 1.16 bits per heavy atom. The maximum absolute atomic E-state index is 10.2. The van der Waals surface area contributed by atoms with Crippen LogP contribution in [0.15, 0.2) is 24.5 Å². The van der Waals surface area contributed by atoms with Crippen molar-refractivity contribution in [2.45, 2.75) is 58.0 Å². The number of pyridine rings is 1. The zero-order valence-corrected chi connectivity index (χ0v) is 12.2. The largest absolute Gasteiger partial charge is 0.478 e. The van der Waals surface area contributed by atoms with Crippen molar-refractivity contribution >= 4 is 5.97 Å². The van der Waals surface area contributed by atoms with Gasteiger partial charge in [-0.15, -0.1) is 0 Å². The normalized spacial score (nSPS) is 20.0. The van der Waals surface area contributed by atoms with Crippen LogP contribution in [0, 0.1) is 0 Å². The van der Waals surface area contributed by atoms with Gasteiger partial charge in [-0.2, -0.15) is 0 Å². The van der Waals surface area contributed by atoms with Crippen LogP contribution in [0.2, 0.25) is 0 Å². The molecule has 0 aromatic carbocycles. The first-order valence-electron chi connectivity index (χ1n) is 6.65. The Balaban J connectivity index is 0.000000191. The lowest BCUT2D eigenvalue weighted by Crippen LogP contribution is -2.55. The third kappa shape index (κ3) is 5.83. The molecule has 0 atom stereocenters. The summed E-state index contributed by atoms with van der Waals surface area (Å²) in [6.45, 7) is 9.14. The number of nitrogens with one attached hydrogen (secondary N) is 1. The van der Waals surface area contributed by atoms with E-state index in [0.717, 1.165) is 0 Å². The lowest BCUT2D eigenvalue weighted by molar-refractivity contribution is 0.0696. The quantitative estimate of drug-likeness (QED) is 0.818. The number of carbonyl (C=O) groups is 1. The fourth-order valence-electron chi connectivity index (χ4n) is 2.51. The van der Waals surface area contributed by atoms with Gasteiger partial charge < -0.3 is 10.4 Å². The second kappa shape index (κ2) is 6.15. The number of hydrogen-bond donors (Lipinski definition) is 2. The third-order valence-corrected chi connectivity index (χ3v) is 3.21. The molecule has 1 aliphatic heterocycles. The molecule has 1 saturated heterocycles. The van der Waals surface area contributed by atoms with Crippen molar-refractivity contribution in [3.8, 4) is 0 Å². The lowest BCUT2D eigenvalue weighted by atomic mass is 9.83. The Labute approximate surface area is 115 Å². The fourth-order valence-corrected chi connectivity index (χ4v) is 2.51. The van der Waals surface area contributed by atoms with Crippen LogP contribution in [0.1, 0.15) is 57.3 Å². The van der Waals surface area contributed by atoms with E-state index in [1.165, 1.54) is 43.8 Å². The van der Waals surface area contributed by atoms with Gasteiger partial charge in [0.2, 0.25) is 0 Å². The summed E-state index contributed by atoms with van der Waals surface area (Å²) in [7, 11) is 0. The van der Waals surface area contributed by atoms with E-state index in [2.05, 4.69) is 38.0 Å². The molecule has 0 aliphatic carbocycles. The number of carboxylic acids is 1. The summed E-state index contributed by atoms with van der Waals surface area (Å²) in [5.41, 5.74) is 0.994. The predicted octanol–water partition coefficient (Wildman–Crippen LogP) is 3.10. The second-order valence-corrected chi connectivity index (χ2v) is 6.29. The van der Waals surface area contributed by atoms with E-state index >= 15 is 0 Å². The molecule has 1 aliphatic rings. The van der Waals surface area contributed by atoms with Crippen LogP contribution in [0.3, 0.4) is 0 Å². The van der Waals surface area contributed by atoms with Gasteiger partial charge in [0.05, 0.1) is 5.56 Å². The smallest absolute Gasteiger partial charge is 0.335 e. The Kier molecular flexibility index (Phi) is 5.06. The van der Waals surface area contributed by atoms with Crippen LogP contribution in [0.5, 0.6) is 0 Å². The Bertz CT molecular complexity index is 399. The SMILES string of the molecule is CC1(C)CCCC(C)(C)N1.O=C(O)c1ccncc1. The number of rotatable bonds is 1. The molecule has 106 valence electrons. The molecular formula is C15H24N2O2. The van der Waals surface area contributed by atoms with Gasteiger partial charge >= 0.3 is 5.97 Å². The second-order valence-electron chi connectivity index (χ2n) is 6.29. The Hall–Kier alpha value is -1.42. The van der Waals surface area contributed by atoms with E-state index < -0.39 is 5.97 Å². The van der Waals surface area contributed by atoms with Gasteiger partial charge in [0, 0.05) is 23.5 Å². The van der Waals surface area contributed by atoms with Crippen LogP contribution in [0.4, 0.5) is 0 Å². The molecule has 0 bridgehead atoms. The minimum absolute atomic E-state index is 0.269. The Morgan fingerprint density at radius 3 is 1.89 bits per heavy atom. The number of aromatic nitrogens is 1. The van der Waals surface area contributed by atoms with Crippen molar-refractivity contribution in [3.05, 3.63) is 30.1 Å². The van der Waals surface area contributed by atoms with Gasteiger partial charge in [-0.25, -0.2) is 4.79 Å². The summed E-state index contributed by atoms with van der Waals surface area (Å²) in [5.74, 6) is -0.919. The number of aromatic carboxylic acids is 1. The van der Waals surface area contributed by atoms with Crippen molar-refractivity contribution in [1.82, 2.24) is 10.3 Å². The molecule has 4 nitrogen and oxygen atoms in total. The summed E-state index contributed by atoms with van der Waals surface area (Å²) in [6.07, 6.45) is 6.90. The van der Waals surface area contributed by atoms with E-state index in [0.29, 0.717) is 11.1 Å². The van der Waals surface area contributed by atoms with E-state index in [1.807, 2.05) is 0 Å². The monoisotopic (exact) mass is 264 g/mol. The summed E-state index contributed by atoms with van der Waals surface area (Å²) in [4.78, 5) is 13.8. The lowest BCUT2D eigenvalue weighted by Gasteiger charge is -2.42. The maximum atomic E-state index is 10.2. The van der Waals surface area contributed by atoms with Crippen LogP contribution in [-0.4, -0.2) is 27.1 Å². The van der Waals surface area contributed by atoms with Gasteiger partial charge in [-0.3, -0.25) is 4.98 Å². The minimum atomic E-state index is -0.919. The molecule has 4 heteroatoms. The van der Waals surface area contributed by atoms with Crippen LogP contribution < -0.4 is 5.32 Å². The van der Waals surface area contributed by atoms with Gasteiger partial charge in [0.25, 0.3) is 0 Å². The molecule has 1 aromatic rings. The van der Waals surface area contributed by atoms with Crippen LogP contribution >= 0.6 is 0 Å². The van der Waals surface area contributed by atoms with E-state index in [1.54, 1.807) is 0 Å². The van der Waals surface area contributed by atoms with E-state index in [4.69, 9.17) is 5.11 Å². The average Bonchev–Trinajstić information content (AvgIpc) is 2.27. The molecule has 2 N–H and O–H groups in total. The zero-order chi connectivity index (χ0) is 14.5.